The first-order valence-corrected chi connectivity index (χ1v) is 10.1. The lowest BCUT2D eigenvalue weighted by atomic mass is 10.2. The number of carbonyl (C=O) groups is 1. The van der Waals surface area contributed by atoms with Crippen molar-refractivity contribution < 1.29 is 14.3 Å². The van der Waals surface area contributed by atoms with E-state index >= 15 is 0 Å². The van der Waals surface area contributed by atoms with Gasteiger partial charge in [0.05, 0.1) is 31.2 Å². The molecule has 0 spiro atoms. The lowest BCUT2D eigenvalue weighted by Crippen LogP contribution is -2.19. The van der Waals surface area contributed by atoms with Gasteiger partial charge in [0.25, 0.3) is 0 Å². The first-order chi connectivity index (χ1) is 12.8. The molecule has 1 fully saturated rings. The Morgan fingerprint density at radius 1 is 1.15 bits per heavy atom. The smallest absolute Gasteiger partial charge is 0.235 e. The Balaban J connectivity index is 1.34. The topological polar surface area (TPSA) is 65.4 Å². The molecule has 1 amide bonds. The maximum absolute atomic E-state index is 12.4. The van der Waals surface area contributed by atoms with Crippen LogP contribution in [0.15, 0.2) is 35.4 Å². The fourth-order valence-electron chi connectivity index (χ4n) is 3.41. The van der Waals surface area contributed by atoms with E-state index in [2.05, 4.69) is 10.4 Å². The molecule has 2 aromatic rings. The summed E-state index contributed by atoms with van der Waals surface area (Å²) >= 11 is 1.49. The number of aromatic nitrogens is 2. The van der Waals surface area contributed by atoms with Gasteiger partial charge in [-0.2, -0.15) is 5.10 Å². The van der Waals surface area contributed by atoms with Crippen molar-refractivity contribution in [2.75, 3.05) is 24.3 Å². The van der Waals surface area contributed by atoms with Crippen LogP contribution in [0.3, 0.4) is 0 Å². The van der Waals surface area contributed by atoms with Gasteiger partial charge in [-0.15, -0.1) is 11.8 Å². The van der Waals surface area contributed by atoms with Crippen molar-refractivity contribution in [3.05, 3.63) is 30.5 Å². The van der Waals surface area contributed by atoms with Crippen molar-refractivity contribution >= 4 is 23.5 Å². The monoisotopic (exact) mass is 373 g/mol. The first kappa shape index (κ1) is 17.3. The van der Waals surface area contributed by atoms with Crippen molar-refractivity contribution in [2.24, 2.45) is 0 Å². The van der Waals surface area contributed by atoms with Gasteiger partial charge < -0.3 is 14.8 Å². The lowest BCUT2D eigenvalue weighted by molar-refractivity contribution is -0.113. The number of amides is 1. The lowest BCUT2D eigenvalue weighted by Gasteiger charge is -2.14. The van der Waals surface area contributed by atoms with E-state index in [9.17, 15) is 4.79 Å². The van der Waals surface area contributed by atoms with Gasteiger partial charge in [0, 0.05) is 17.4 Å². The molecular formula is C19H23N3O3S. The molecule has 0 saturated heterocycles. The molecule has 1 saturated carbocycles. The minimum atomic E-state index is -0.0261. The van der Waals surface area contributed by atoms with E-state index in [1.165, 1.54) is 24.6 Å². The van der Waals surface area contributed by atoms with E-state index < -0.39 is 0 Å². The quantitative estimate of drug-likeness (QED) is 0.806. The molecule has 1 N–H and O–H groups in total. The van der Waals surface area contributed by atoms with Gasteiger partial charge in [-0.3, -0.25) is 4.79 Å². The third kappa shape index (κ3) is 3.98. The average Bonchev–Trinajstić information content (AvgIpc) is 3.27. The van der Waals surface area contributed by atoms with E-state index in [0.717, 1.165) is 41.5 Å². The summed E-state index contributed by atoms with van der Waals surface area (Å²) in [4.78, 5) is 13.4. The minimum absolute atomic E-state index is 0.0261. The highest BCUT2D eigenvalue weighted by molar-refractivity contribution is 8.00. The minimum Gasteiger partial charge on any atom is -0.490 e. The molecule has 1 aromatic carbocycles. The van der Waals surface area contributed by atoms with E-state index in [1.54, 1.807) is 6.20 Å². The van der Waals surface area contributed by atoms with Gasteiger partial charge in [-0.1, -0.05) is 12.8 Å². The largest absolute Gasteiger partial charge is 0.490 e. The first-order valence-electron chi connectivity index (χ1n) is 9.15. The average molecular weight is 373 g/mol. The molecular weight excluding hydrogens is 350 g/mol. The number of hydrogen-bond acceptors (Lipinski definition) is 5. The molecule has 26 heavy (non-hydrogen) atoms. The van der Waals surface area contributed by atoms with E-state index in [0.29, 0.717) is 25.0 Å². The van der Waals surface area contributed by atoms with Gasteiger partial charge in [0.2, 0.25) is 5.91 Å². The summed E-state index contributed by atoms with van der Waals surface area (Å²) in [7, 11) is 0. The molecule has 0 atom stereocenters. The number of benzene rings is 1. The molecule has 6 nitrogen and oxygen atoms in total. The van der Waals surface area contributed by atoms with Crippen LogP contribution >= 0.6 is 11.8 Å². The summed E-state index contributed by atoms with van der Waals surface area (Å²) in [6.07, 6.45) is 7.38. The van der Waals surface area contributed by atoms with E-state index in [1.807, 2.05) is 28.9 Å². The summed E-state index contributed by atoms with van der Waals surface area (Å²) in [6.45, 7) is 1.34. The Morgan fingerprint density at radius 3 is 2.81 bits per heavy atom. The molecule has 4 rings (SSSR count). The highest BCUT2D eigenvalue weighted by Gasteiger charge is 2.20. The molecule has 0 unspecified atom stereocenters. The highest BCUT2D eigenvalue weighted by atomic mass is 32.2. The number of nitrogens with zero attached hydrogens (tertiary/aromatic N) is 2. The maximum Gasteiger partial charge on any atom is 0.235 e. The summed E-state index contributed by atoms with van der Waals surface area (Å²) in [6, 6.07) is 8.11. The van der Waals surface area contributed by atoms with Gasteiger partial charge in [-0.25, -0.2) is 4.68 Å². The van der Waals surface area contributed by atoms with Crippen LogP contribution in [-0.4, -0.2) is 34.7 Å². The molecule has 1 aromatic heterocycles. The Labute approximate surface area is 157 Å². The number of thioether (sulfide) groups is 1. The van der Waals surface area contributed by atoms with E-state index in [-0.39, 0.29) is 5.91 Å². The zero-order valence-corrected chi connectivity index (χ0v) is 15.5. The molecule has 1 aliphatic carbocycles. The predicted octanol–water partition coefficient (Wildman–Crippen LogP) is 3.89. The van der Waals surface area contributed by atoms with Crippen molar-refractivity contribution in [1.29, 1.82) is 0 Å². The molecule has 138 valence electrons. The summed E-state index contributed by atoms with van der Waals surface area (Å²) in [5.41, 5.74) is 0. The van der Waals surface area contributed by atoms with Crippen LogP contribution in [0.2, 0.25) is 0 Å². The standard InChI is InChI=1S/C19H23N3O3S/c23-19(21-18-8-9-20-22(18)14-4-1-2-5-14)13-26-15-6-7-16-17(12-15)25-11-3-10-24-16/h6-9,12,14H,1-5,10-11,13H2,(H,21,23). The van der Waals surface area contributed by atoms with Crippen LogP contribution < -0.4 is 14.8 Å². The van der Waals surface area contributed by atoms with Gasteiger partial charge in [0.1, 0.15) is 5.82 Å². The number of nitrogens with one attached hydrogen (secondary N) is 1. The van der Waals surface area contributed by atoms with Gasteiger partial charge >= 0.3 is 0 Å². The van der Waals surface area contributed by atoms with Crippen LogP contribution in [0.1, 0.15) is 38.1 Å². The maximum atomic E-state index is 12.4. The Kier molecular flexibility index (Phi) is 5.34. The zero-order chi connectivity index (χ0) is 17.8. The third-order valence-electron chi connectivity index (χ3n) is 4.70. The van der Waals surface area contributed by atoms with Crippen molar-refractivity contribution in [2.45, 2.75) is 43.0 Å². The molecule has 2 heterocycles. The summed E-state index contributed by atoms with van der Waals surface area (Å²) in [5.74, 6) is 2.64. The summed E-state index contributed by atoms with van der Waals surface area (Å²) in [5, 5.41) is 7.39. The molecule has 1 aliphatic heterocycles. The number of carbonyl (C=O) groups excluding carboxylic acids is 1. The Bertz CT molecular complexity index is 771. The van der Waals surface area contributed by atoms with Gasteiger partial charge in [0.15, 0.2) is 11.5 Å². The predicted molar refractivity (Wildman–Crippen MR) is 101 cm³/mol. The van der Waals surface area contributed by atoms with Crippen LogP contribution in [0.4, 0.5) is 5.82 Å². The second-order valence-corrected chi connectivity index (χ2v) is 7.64. The zero-order valence-electron chi connectivity index (χ0n) is 14.6. The van der Waals surface area contributed by atoms with Crippen molar-refractivity contribution in [3.63, 3.8) is 0 Å². The number of anilines is 1. The van der Waals surface area contributed by atoms with Crippen LogP contribution in [0.25, 0.3) is 0 Å². The van der Waals surface area contributed by atoms with Crippen LogP contribution in [-0.2, 0) is 4.79 Å². The van der Waals surface area contributed by atoms with Crippen molar-refractivity contribution in [1.82, 2.24) is 9.78 Å². The normalized spacial score (nSPS) is 17.1. The molecule has 0 radical (unpaired) electrons. The molecule has 7 heteroatoms. The highest BCUT2D eigenvalue weighted by Crippen LogP contribution is 2.34. The fraction of sp³-hybridized carbons (Fsp3) is 0.474. The Hall–Kier alpha value is -2.15. The number of hydrogen-bond donors (Lipinski definition) is 1. The second kappa shape index (κ2) is 8.03. The van der Waals surface area contributed by atoms with Crippen molar-refractivity contribution in [3.8, 4) is 11.5 Å². The van der Waals surface area contributed by atoms with Gasteiger partial charge in [-0.05, 0) is 31.0 Å². The Morgan fingerprint density at radius 2 is 1.96 bits per heavy atom. The SMILES string of the molecule is O=C(CSc1ccc2c(c1)OCCCO2)Nc1ccnn1C1CCCC1. The van der Waals surface area contributed by atoms with Crippen LogP contribution in [0, 0.1) is 0 Å². The summed E-state index contributed by atoms with van der Waals surface area (Å²) < 4.78 is 13.3. The third-order valence-corrected chi connectivity index (χ3v) is 5.69. The number of rotatable bonds is 5. The number of fused-ring (bicyclic) bond motifs is 1. The van der Waals surface area contributed by atoms with E-state index in [4.69, 9.17) is 9.47 Å². The van der Waals surface area contributed by atoms with Crippen LogP contribution in [0.5, 0.6) is 11.5 Å². The molecule has 2 aliphatic rings. The second-order valence-electron chi connectivity index (χ2n) is 6.60. The fourth-order valence-corrected chi connectivity index (χ4v) is 4.14. The number of ether oxygens (including phenoxy) is 2. The molecule has 0 bridgehead atoms.